The maximum atomic E-state index is 14.5. The van der Waals surface area contributed by atoms with Crippen molar-refractivity contribution in [3.8, 4) is 23.1 Å². The van der Waals surface area contributed by atoms with Crippen LogP contribution in [0.5, 0.6) is 0 Å². The van der Waals surface area contributed by atoms with Crippen molar-refractivity contribution in [2.75, 3.05) is 18.8 Å². The van der Waals surface area contributed by atoms with E-state index in [1.54, 1.807) is 49.7 Å². The second kappa shape index (κ2) is 13.6. The number of halogens is 2. The molecule has 2 N–H and O–H groups in total. The number of likely N-dealkylation sites (tertiary alicyclic amines) is 1. The monoisotopic (exact) mass is 704 g/mol. The predicted octanol–water partition coefficient (Wildman–Crippen LogP) is 8.43. The molecular weight excluding hydrogens is 663 g/mol. The fourth-order valence-corrected chi connectivity index (χ4v) is 7.01. The predicted molar refractivity (Wildman–Crippen MR) is 189 cm³/mol. The van der Waals surface area contributed by atoms with E-state index in [-0.39, 0.29) is 23.8 Å². The first-order valence-corrected chi connectivity index (χ1v) is 17.7. The third-order valence-electron chi connectivity index (χ3n) is 8.14. The van der Waals surface area contributed by atoms with E-state index in [1.807, 2.05) is 57.2 Å². The molecule has 4 heterocycles. The minimum atomic E-state index is -2.93. The molecule has 50 heavy (non-hydrogen) atoms. The highest BCUT2D eigenvalue weighted by Gasteiger charge is 2.45. The van der Waals surface area contributed by atoms with Gasteiger partial charge in [0.25, 0.3) is 5.92 Å². The number of hydrogen-bond donors (Lipinski definition) is 2. The average Bonchev–Trinajstić information content (AvgIpc) is 3.70. The topological polar surface area (TPSA) is 116 Å². The fraction of sp³-hybridized carbons (Fsp3) is 0.459. The first-order chi connectivity index (χ1) is 23.5. The normalized spacial score (nSPS) is 19.5. The minimum absolute atomic E-state index is 0.132. The van der Waals surface area contributed by atoms with Crippen LogP contribution < -0.4 is 0 Å². The van der Waals surface area contributed by atoms with Crippen LogP contribution in [0.1, 0.15) is 95.0 Å². The number of fused-ring (bicyclic) bond motifs is 1. The Balaban J connectivity index is 1.16. The van der Waals surface area contributed by atoms with Gasteiger partial charge in [0, 0.05) is 37.1 Å². The number of aromatic amines is 2. The first kappa shape index (κ1) is 35.3. The first-order valence-electron chi connectivity index (χ1n) is 16.7. The summed E-state index contributed by atoms with van der Waals surface area (Å²) in [6.07, 6.45) is 0.704. The molecule has 0 radical (unpaired) electrons. The third-order valence-corrected chi connectivity index (χ3v) is 9.45. The number of nitrogens with zero attached hydrogens (tertiary/aromatic N) is 4. The SMILES string of the molecule is CC(C)(C)OC(=O)N1CCC(F)(F)CC1c1nc2ccc(C#Cc3ccc(-c4cnc(C5SCCCN5C(=O)OC(C)(C)C)[nH]4)cc3)cc2[nH]1. The molecule has 2 atom stereocenters. The number of carbonyl (C=O) groups excluding carboxylic acids is 2. The van der Waals surface area contributed by atoms with Gasteiger partial charge >= 0.3 is 12.2 Å². The molecule has 2 unspecified atom stereocenters. The highest BCUT2D eigenvalue weighted by Crippen LogP contribution is 2.40. The molecular formula is C37H42F2N6O4S. The van der Waals surface area contributed by atoms with Gasteiger partial charge < -0.3 is 19.4 Å². The Morgan fingerprint density at radius 2 is 1.56 bits per heavy atom. The van der Waals surface area contributed by atoms with Crippen LogP contribution in [0.4, 0.5) is 18.4 Å². The van der Waals surface area contributed by atoms with Gasteiger partial charge in [-0.15, -0.1) is 11.8 Å². The van der Waals surface area contributed by atoms with E-state index >= 15 is 0 Å². The number of thioether (sulfide) groups is 1. The zero-order valence-electron chi connectivity index (χ0n) is 29.1. The van der Waals surface area contributed by atoms with E-state index in [0.29, 0.717) is 29.0 Å². The lowest BCUT2D eigenvalue weighted by atomic mass is 9.98. The zero-order chi connectivity index (χ0) is 35.8. The molecule has 0 saturated carbocycles. The summed E-state index contributed by atoms with van der Waals surface area (Å²) in [7, 11) is 0. The number of piperidine rings is 1. The summed E-state index contributed by atoms with van der Waals surface area (Å²) in [6.45, 7) is 11.3. The number of aromatic nitrogens is 4. The van der Waals surface area contributed by atoms with Gasteiger partial charge in [0.15, 0.2) is 0 Å². The molecule has 13 heteroatoms. The lowest BCUT2D eigenvalue weighted by Crippen LogP contribution is -2.47. The summed E-state index contributed by atoms with van der Waals surface area (Å²) in [5.74, 6) is 5.34. The summed E-state index contributed by atoms with van der Waals surface area (Å²) >= 11 is 1.66. The summed E-state index contributed by atoms with van der Waals surface area (Å²) in [4.78, 5) is 44.6. The summed E-state index contributed by atoms with van der Waals surface area (Å²) in [6, 6.07) is 12.2. The summed E-state index contributed by atoms with van der Waals surface area (Å²) < 4.78 is 40.2. The van der Waals surface area contributed by atoms with Crippen LogP contribution in [-0.4, -0.2) is 77.9 Å². The fourth-order valence-electron chi connectivity index (χ4n) is 5.84. The molecule has 0 spiro atoms. The van der Waals surface area contributed by atoms with Crippen LogP contribution in [0.15, 0.2) is 48.7 Å². The number of imidazole rings is 2. The zero-order valence-corrected chi connectivity index (χ0v) is 29.9. The maximum absolute atomic E-state index is 14.5. The second-order valence-corrected chi connectivity index (χ2v) is 15.8. The van der Waals surface area contributed by atoms with Gasteiger partial charge in [-0.2, -0.15) is 0 Å². The van der Waals surface area contributed by atoms with Crippen molar-refractivity contribution in [3.63, 3.8) is 0 Å². The third kappa shape index (κ3) is 8.41. The van der Waals surface area contributed by atoms with Crippen LogP contribution >= 0.6 is 11.8 Å². The maximum Gasteiger partial charge on any atom is 0.411 e. The van der Waals surface area contributed by atoms with Crippen LogP contribution in [-0.2, 0) is 9.47 Å². The van der Waals surface area contributed by atoms with Gasteiger partial charge in [0.1, 0.15) is 28.2 Å². The van der Waals surface area contributed by atoms with E-state index in [2.05, 4.69) is 31.8 Å². The highest BCUT2D eigenvalue weighted by molar-refractivity contribution is 7.99. The Morgan fingerprint density at radius 3 is 2.26 bits per heavy atom. The van der Waals surface area contributed by atoms with Crippen molar-refractivity contribution in [2.45, 2.75) is 89.3 Å². The van der Waals surface area contributed by atoms with Crippen molar-refractivity contribution < 1.29 is 27.8 Å². The number of nitrogens with one attached hydrogen (secondary N) is 2. The van der Waals surface area contributed by atoms with Gasteiger partial charge in [-0.05, 0) is 89.6 Å². The molecule has 10 nitrogen and oxygen atoms in total. The number of amides is 2. The van der Waals surface area contributed by atoms with Gasteiger partial charge in [0.2, 0.25) is 0 Å². The Morgan fingerprint density at radius 1 is 0.900 bits per heavy atom. The van der Waals surface area contributed by atoms with Crippen molar-refractivity contribution in [3.05, 3.63) is 71.4 Å². The Bertz CT molecular complexity index is 1930. The molecule has 2 fully saturated rings. The molecule has 0 bridgehead atoms. The number of H-pyrrole nitrogens is 2. The molecule has 6 rings (SSSR count). The van der Waals surface area contributed by atoms with E-state index in [9.17, 15) is 18.4 Å². The molecule has 2 aromatic heterocycles. The average molecular weight is 705 g/mol. The Labute approximate surface area is 294 Å². The quantitative estimate of drug-likeness (QED) is 0.206. The van der Waals surface area contributed by atoms with E-state index in [1.165, 1.54) is 4.90 Å². The van der Waals surface area contributed by atoms with Crippen LogP contribution in [0, 0.1) is 11.8 Å². The molecule has 264 valence electrons. The number of rotatable bonds is 3. The van der Waals surface area contributed by atoms with Gasteiger partial charge in [-0.25, -0.2) is 28.3 Å². The molecule has 2 amide bonds. The number of alkyl halides is 2. The lowest BCUT2D eigenvalue weighted by Gasteiger charge is -2.38. The molecule has 2 aliphatic heterocycles. The summed E-state index contributed by atoms with van der Waals surface area (Å²) in [5, 5.41) is -0.256. The number of hydrogen-bond acceptors (Lipinski definition) is 7. The molecule has 4 aromatic rings. The number of carbonyl (C=O) groups is 2. The Kier molecular flexibility index (Phi) is 9.61. The van der Waals surface area contributed by atoms with E-state index in [0.717, 1.165) is 29.0 Å². The molecule has 2 aromatic carbocycles. The number of benzene rings is 2. The standard InChI is InChI=1S/C37H42F2N6O4S/c1-35(2,3)48-33(46)44-18-16-37(38,39)21-29(44)30-41-26-15-12-24(20-27(26)42-30)9-8-23-10-13-25(14-11-23)28-22-40-31(43-28)32-45(17-7-19-50-32)34(47)49-36(4,5)6/h10-15,20,22,29,32H,7,16-19,21H2,1-6H3,(H,40,43)(H,41,42). The smallest absolute Gasteiger partial charge is 0.411 e. The largest absolute Gasteiger partial charge is 0.444 e. The summed E-state index contributed by atoms with van der Waals surface area (Å²) in [5.41, 5.74) is 3.16. The van der Waals surface area contributed by atoms with Crippen LogP contribution in [0.2, 0.25) is 0 Å². The van der Waals surface area contributed by atoms with Gasteiger partial charge in [-0.1, -0.05) is 24.0 Å². The van der Waals surface area contributed by atoms with E-state index < -0.39 is 42.1 Å². The Hall–Kier alpha value is -4.57. The van der Waals surface area contributed by atoms with Crippen molar-refractivity contribution in [1.82, 2.24) is 29.7 Å². The van der Waals surface area contributed by atoms with E-state index in [4.69, 9.17) is 9.47 Å². The minimum Gasteiger partial charge on any atom is -0.444 e. The van der Waals surface area contributed by atoms with Crippen LogP contribution in [0.3, 0.4) is 0 Å². The molecule has 0 aliphatic carbocycles. The van der Waals surface area contributed by atoms with Crippen molar-refractivity contribution >= 4 is 35.0 Å². The lowest BCUT2D eigenvalue weighted by molar-refractivity contribution is -0.0822. The highest BCUT2D eigenvalue weighted by atomic mass is 32.2. The number of ether oxygens (including phenoxy) is 2. The van der Waals surface area contributed by atoms with Gasteiger partial charge in [-0.3, -0.25) is 9.80 Å². The van der Waals surface area contributed by atoms with Crippen LogP contribution in [0.25, 0.3) is 22.3 Å². The van der Waals surface area contributed by atoms with Crippen molar-refractivity contribution in [1.29, 1.82) is 0 Å². The second-order valence-electron chi connectivity index (χ2n) is 14.6. The molecule has 2 saturated heterocycles. The molecule has 2 aliphatic rings. The van der Waals surface area contributed by atoms with Gasteiger partial charge in [0.05, 0.1) is 29.0 Å². The van der Waals surface area contributed by atoms with Crippen molar-refractivity contribution in [2.24, 2.45) is 0 Å².